The van der Waals surface area contributed by atoms with Gasteiger partial charge < -0.3 is 11.1 Å². The summed E-state index contributed by atoms with van der Waals surface area (Å²) in [6.07, 6.45) is 3.05. The zero-order valence-corrected chi connectivity index (χ0v) is 10.5. The molecule has 3 N–H and O–H groups in total. The van der Waals surface area contributed by atoms with Gasteiger partial charge in [0.15, 0.2) is 0 Å². The number of pyridine rings is 1. The Hall–Kier alpha value is -2.07. The molecule has 0 aliphatic heterocycles. The van der Waals surface area contributed by atoms with Crippen molar-refractivity contribution in [2.45, 2.75) is 6.92 Å². The number of rotatable bonds is 2. The zero-order chi connectivity index (χ0) is 13.1. The average Bonchev–Trinajstić information content (AvgIpc) is 2.35. The van der Waals surface area contributed by atoms with Crippen molar-refractivity contribution in [1.82, 2.24) is 4.98 Å². The Bertz CT molecular complexity index is 599. The topological polar surface area (TPSA) is 68.0 Å². The van der Waals surface area contributed by atoms with Crippen molar-refractivity contribution in [1.29, 1.82) is 0 Å². The fraction of sp³-hybridized carbons (Fsp3) is 0.0769. The van der Waals surface area contributed by atoms with E-state index in [1.165, 1.54) is 6.20 Å². The first-order chi connectivity index (χ1) is 8.58. The molecule has 0 atom stereocenters. The van der Waals surface area contributed by atoms with Gasteiger partial charge in [-0.05, 0) is 30.7 Å². The third-order valence-electron chi connectivity index (χ3n) is 2.54. The molecule has 4 nitrogen and oxygen atoms in total. The van der Waals surface area contributed by atoms with Gasteiger partial charge in [0.2, 0.25) is 0 Å². The van der Waals surface area contributed by atoms with E-state index >= 15 is 0 Å². The molecule has 0 fully saturated rings. The number of benzene rings is 1. The monoisotopic (exact) mass is 261 g/mol. The fourth-order valence-corrected chi connectivity index (χ4v) is 1.72. The van der Waals surface area contributed by atoms with Crippen molar-refractivity contribution < 1.29 is 4.79 Å². The lowest BCUT2D eigenvalue weighted by Gasteiger charge is -2.09. The van der Waals surface area contributed by atoms with Crippen LogP contribution in [0.3, 0.4) is 0 Å². The minimum Gasteiger partial charge on any atom is -0.396 e. The first-order valence-corrected chi connectivity index (χ1v) is 5.72. The van der Waals surface area contributed by atoms with Crippen LogP contribution in [-0.4, -0.2) is 10.9 Å². The molecule has 0 saturated heterocycles. The first kappa shape index (κ1) is 12.4. The molecular formula is C13H12ClN3O. The van der Waals surface area contributed by atoms with Crippen LogP contribution in [0.1, 0.15) is 15.9 Å². The van der Waals surface area contributed by atoms with Gasteiger partial charge in [-0.15, -0.1) is 0 Å². The summed E-state index contributed by atoms with van der Waals surface area (Å²) in [6, 6.07) is 6.82. The highest BCUT2D eigenvalue weighted by molar-refractivity contribution is 6.31. The number of nitrogen functional groups attached to an aromatic ring is 1. The fourth-order valence-electron chi connectivity index (χ4n) is 1.55. The van der Waals surface area contributed by atoms with Gasteiger partial charge in [0.25, 0.3) is 5.91 Å². The Morgan fingerprint density at radius 3 is 2.89 bits per heavy atom. The van der Waals surface area contributed by atoms with Gasteiger partial charge in [0.05, 0.1) is 17.6 Å². The zero-order valence-electron chi connectivity index (χ0n) is 9.77. The van der Waals surface area contributed by atoms with Gasteiger partial charge in [0, 0.05) is 16.8 Å². The van der Waals surface area contributed by atoms with Crippen LogP contribution in [0.5, 0.6) is 0 Å². The quantitative estimate of drug-likeness (QED) is 0.873. The molecule has 0 bridgehead atoms. The largest absolute Gasteiger partial charge is 0.396 e. The van der Waals surface area contributed by atoms with Crippen LogP contribution in [0.4, 0.5) is 11.4 Å². The SMILES string of the molecule is Cc1ccc(Cl)cc1C(=O)Nc1ccncc1N. The number of amides is 1. The third kappa shape index (κ3) is 2.60. The number of nitrogens with two attached hydrogens (primary N) is 1. The Kier molecular flexibility index (Phi) is 3.48. The van der Waals surface area contributed by atoms with Crippen molar-refractivity contribution in [3.63, 3.8) is 0 Å². The Labute approximate surface area is 110 Å². The van der Waals surface area contributed by atoms with Crippen molar-refractivity contribution in [2.75, 3.05) is 11.1 Å². The van der Waals surface area contributed by atoms with E-state index in [1.54, 1.807) is 30.5 Å². The van der Waals surface area contributed by atoms with Crippen LogP contribution in [0, 0.1) is 6.92 Å². The van der Waals surface area contributed by atoms with E-state index in [-0.39, 0.29) is 5.91 Å². The molecule has 0 spiro atoms. The molecule has 1 heterocycles. The van der Waals surface area contributed by atoms with Crippen molar-refractivity contribution in [3.05, 3.63) is 52.8 Å². The molecule has 0 radical (unpaired) electrons. The lowest BCUT2D eigenvalue weighted by atomic mass is 10.1. The Morgan fingerprint density at radius 1 is 1.39 bits per heavy atom. The second-order valence-corrected chi connectivity index (χ2v) is 4.31. The maximum Gasteiger partial charge on any atom is 0.256 e. The summed E-state index contributed by atoms with van der Waals surface area (Å²) in [7, 11) is 0. The highest BCUT2D eigenvalue weighted by Gasteiger charge is 2.11. The molecule has 2 rings (SSSR count). The van der Waals surface area contributed by atoms with Gasteiger partial charge in [-0.2, -0.15) is 0 Å². The van der Waals surface area contributed by atoms with E-state index in [1.807, 2.05) is 6.92 Å². The lowest BCUT2D eigenvalue weighted by Crippen LogP contribution is -2.14. The van der Waals surface area contributed by atoms with Crippen molar-refractivity contribution in [3.8, 4) is 0 Å². The summed E-state index contributed by atoms with van der Waals surface area (Å²) in [5.74, 6) is -0.243. The lowest BCUT2D eigenvalue weighted by molar-refractivity contribution is 0.102. The number of aromatic nitrogens is 1. The number of halogens is 1. The predicted molar refractivity (Wildman–Crippen MR) is 72.8 cm³/mol. The molecule has 1 aromatic heterocycles. The second-order valence-electron chi connectivity index (χ2n) is 3.88. The molecule has 2 aromatic rings. The van der Waals surface area contributed by atoms with Crippen molar-refractivity contribution >= 4 is 28.9 Å². The summed E-state index contributed by atoms with van der Waals surface area (Å²) in [5.41, 5.74) is 8.05. The molecule has 5 heteroatoms. The molecule has 0 unspecified atom stereocenters. The van der Waals surface area contributed by atoms with Crippen LogP contribution in [0.15, 0.2) is 36.7 Å². The normalized spacial score (nSPS) is 10.1. The number of aryl methyl sites for hydroxylation is 1. The Balaban J connectivity index is 2.28. The van der Waals surface area contributed by atoms with Crippen LogP contribution in [0.2, 0.25) is 5.02 Å². The number of nitrogens with one attached hydrogen (secondary N) is 1. The first-order valence-electron chi connectivity index (χ1n) is 5.35. The number of carbonyl (C=O) groups excluding carboxylic acids is 1. The standard InChI is InChI=1S/C13H12ClN3O/c1-8-2-3-9(14)6-10(8)13(18)17-12-4-5-16-7-11(12)15/h2-7H,15H2,1H3,(H,16,17,18). The average molecular weight is 262 g/mol. The maximum absolute atomic E-state index is 12.1. The van der Waals surface area contributed by atoms with Crippen molar-refractivity contribution in [2.24, 2.45) is 0 Å². The van der Waals surface area contributed by atoms with Gasteiger partial charge >= 0.3 is 0 Å². The van der Waals surface area contributed by atoms with E-state index in [0.717, 1.165) is 5.56 Å². The summed E-state index contributed by atoms with van der Waals surface area (Å²) in [6.45, 7) is 1.85. The number of hydrogen-bond acceptors (Lipinski definition) is 3. The maximum atomic E-state index is 12.1. The van der Waals surface area contributed by atoms with Crippen LogP contribution in [-0.2, 0) is 0 Å². The van der Waals surface area contributed by atoms with Crippen LogP contribution in [0.25, 0.3) is 0 Å². The summed E-state index contributed by atoms with van der Waals surface area (Å²) >= 11 is 5.88. The number of nitrogens with zero attached hydrogens (tertiary/aromatic N) is 1. The minimum atomic E-state index is -0.243. The summed E-state index contributed by atoms with van der Waals surface area (Å²) in [5, 5.41) is 3.25. The van der Waals surface area contributed by atoms with E-state index in [2.05, 4.69) is 10.3 Å². The molecule has 1 amide bonds. The van der Waals surface area contributed by atoms with E-state index < -0.39 is 0 Å². The van der Waals surface area contributed by atoms with E-state index in [0.29, 0.717) is 22.0 Å². The van der Waals surface area contributed by atoms with Crippen LogP contribution >= 0.6 is 11.6 Å². The highest BCUT2D eigenvalue weighted by atomic mass is 35.5. The number of carbonyl (C=O) groups is 1. The van der Waals surface area contributed by atoms with E-state index in [4.69, 9.17) is 17.3 Å². The molecule has 1 aromatic carbocycles. The molecule has 0 aliphatic rings. The molecule has 0 aliphatic carbocycles. The van der Waals surface area contributed by atoms with Gasteiger partial charge in [0.1, 0.15) is 0 Å². The Morgan fingerprint density at radius 2 is 2.17 bits per heavy atom. The predicted octanol–water partition coefficient (Wildman–Crippen LogP) is 2.88. The highest BCUT2D eigenvalue weighted by Crippen LogP contribution is 2.19. The summed E-state index contributed by atoms with van der Waals surface area (Å²) in [4.78, 5) is 16.0. The molecular weight excluding hydrogens is 250 g/mol. The molecule has 92 valence electrons. The molecule has 18 heavy (non-hydrogen) atoms. The van der Waals surface area contributed by atoms with Crippen LogP contribution < -0.4 is 11.1 Å². The van der Waals surface area contributed by atoms with E-state index in [9.17, 15) is 4.79 Å². The van der Waals surface area contributed by atoms with Gasteiger partial charge in [-0.1, -0.05) is 17.7 Å². The second kappa shape index (κ2) is 5.06. The van der Waals surface area contributed by atoms with Gasteiger partial charge in [-0.3, -0.25) is 9.78 Å². The number of anilines is 2. The number of hydrogen-bond donors (Lipinski definition) is 2. The molecule has 0 saturated carbocycles. The summed E-state index contributed by atoms with van der Waals surface area (Å²) < 4.78 is 0. The third-order valence-corrected chi connectivity index (χ3v) is 2.78. The van der Waals surface area contributed by atoms with Gasteiger partial charge in [-0.25, -0.2) is 0 Å². The smallest absolute Gasteiger partial charge is 0.256 e. The minimum absolute atomic E-state index is 0.243.